The Morgan fingerprint density at radius 3 is 2.80 bits per heavy atom. The van der Waals surface area contributed by atoms with Crippen LogP contribution >= 0.6 is 0 Å². The highest BCUT2D eigenvalue weighted by molar-refractivity contribution is 5.81. The summed E-state index contributed by atoms with van der Waals surface area (Å²) in [5.41, 5.74) is 2.30. The Bertz CT molecular complexity index is 535. The molecule has 0 spiro atoms. The number of hydrogen-bond donors (Lipinski definition) is 1. The highest BCUT2D eigenvalue weighted by Gasteiger charge is 2.16. The number of fused-ring (bicyclic) bond motifs is 1. The standard InChI is InChI=1S/C16H20N2O2/c1-12(2)16(20)17-9-7-15(19)18-10-8-13-5-3-4-6-14(13)11-18/h3-6,8,10,12H,7,9,11H2,1-2H3,(H,17,20). The summed E-state index contributed by atoms with van der Waals surface area (Å²) in [4.78, 5) is 25.2. The van der Waals surface area contributed by atoms with E-state index in [1.165, 1.54) is 0 Å². The Labute approximate surface area is 119 Å². The van der Waals surface area contributed by atoms with Gasteiger partial charge in [0.1, 0.15) is 0 Å². The Morgan fingerprint density at radius 1 is 1.30 bits per heavy atom. The van der Waals surface area contributed by atoms with E-state index >= 15 is 0 Å². The van der Waals surface area contributed by atoms with Crippen LogP contribution in [0.25, 0.3) is 6.08 Å². The van der Waals surface area contributed by atoms with Crippen LogP contribution in [-0.2, 0) is 16.1 Å². The Kier molecular flexibility index (Phi) is 4.56. The number of rotatable bonds is 4. The number of amides is 2. The predicted octanol–water partition coefficient (Wildman–Crippen LogP) is 2.16. The summed E-state index contributed by atoms with van der Waals surface area (Å²) < 4.78 is 0. The molecule has 1 aromatic rings. The van der Waals surface area contributed by atoms with E-state index in [2.05, 4.69) is 5.32 Å². The molecule has 2 rings (SSSR count). The fraction of sp³-hybridized carbons (Fsp3) is 0.375. The van der Waals surface area contributed by atoms with Crippen molar-refractivity contribution in [1.29, 1.82) is 0 Å². The highest BCUT2D eigenvalue weighted by Crippen LogP contribution is 2.19. The van der Waals surface area contributed by atoms with Crippen molar-refractivity contribution in [1.82, 2.24) is 10.2 Å². The SMILES string of the molecule is CC(C)C(=O)NCCC(=O)N1C=Cc2ccccc2C1. The van der Waals surface area contributed by atoms with Gasteiger partial charge in [0.25, 0.3) is 0 Å². The normalized spacial score (nSPS) is 13.2. The fourth-order valence-electron chi connectivity index (χ4n) is 2.06. The molecule has 0 saturated heterocycles. The summed E-state index contributed by atoms with van der Waals surface area (Å²) in [6, 6.07) is 8.03. The van der Waals surface area contributed by atoms with Crippen LogP contribution in [-0.4, -0.2) is 23.3 Å². The first-order valence-electron chi connectivity index (χ1n) is 6.91. The zero-order valence-electron chi connectivity index (χ0n) is 11.9. The van der Waals surface area contributed by atoms with Gasteiger partial charge in [0.05, 0.1) is 6.54 Å². The second-order valence-electron chi connectivity index (χ2n) is 5.23. The Balaban J connectivity index is 1.85. The van der Waals surface area contributed by atoms with E-state index in [1.807, 2.05) is 50.4 Å². The lowest BCUT2D eigenvalue weighted by Gasteiger charge is -2.23. The number of carbonyl (C=O) groups is 2. The van der Waals surface area contributed by atoms with Crippen molar-refractivity contribution in [3.63, 3.8) is 0 Å². The zero-order valence-corrected chi connectivity index (χ0v) is 11.9. The molecule has 1 aliphatic rings. The van der Waals surface area contributed by atoms with Crippen molar-refractivity contribution >= 4 is 17.9 Å². The first-order chi connectivity index (χ1) is 9.58. The van der Waals surface area contributed by atoms with Crippen molar-refractivity contribution in [2.24, 2.45) is 5.92 Å². The van der Waals surface area contributed by atoms with Crippen LogP contribution in [0.3, 0.4) is 0 Å². The summed E-state index contributed by atoms with van der Waals surface area (Å²) in [6.45, 7) is 4.66. The van der Waals surface area contributed by atoms with Gasteiger partial charge in [0.2, 0.25) is 11.8 Å². The molecular formula is C16H20N2O2. The molecule has 1 N–H and O–H groups in total. The van der Waals surface area contributed by atoms with Crippen LogP contribution in [0.15, 0.2) is 30.5 Å². The third-order valence-corrected chi connectivity index (χ3v) is 3.31. The lowest BCUT2D eigenvalue weighted by atomic mass is 10.0. The highest BCUT2D eigenvalue weighted by atomic mass is 16.2. The third-order valence-electron chi connectivity index (χ3n) is 3.31. The number of nitrogens with zero attached hydrogens (tertiary/aromatic N) is 1. The van der Waals surface area contributed by atoms with Crippen molar-refractivity contribution in [3.05, 3.63) is 41.6 Å². The molecule has 0 saturated carbocycles. The van der Waals surface area contributed by atoms with Gasteiger partial charge in [0, 0.05) is 25.1 Å². The van der Waals surface area contributed by atoms with Gasteiger partial charge in [-0.2, -0.15) is 0 Å². The Morgan fingerprint density at radius 2 is 2.05 bits per heavy atom. The molecule has 0 atom stereocenters. The first kappa shape index (κ1) is 14.3. The first-order valence-corrected chi connectivity index (χ1v) is 6.91. The van der Waals surface area contributed by atoms with E-state index < -0.39 is 0 Å². The topological polar surface area (TPSA) is 49.4 Å². The van der Waals surface area contributed by atoms with Crippen molar-refractivity contribution < 1.29 is 9.59 Å². The van der Waals surface area contributed by atoms with Gasteiger partial charge in [0.15, 0.2) is 0 Å². The minimum absolute atomic E-state index is 0.0164. The lowest BCUT2D eigenvalue weighted by Crippen LogP contribution is -2.33. The van der Waals surface area contributed by atoms with Crippen LogP contribution in [0, 0.1) is 5.92 Å². The molecule has 2 amide bonds. The summed E-state index contributed by atoms with van der Waals surface area (Å²) >= 11 is 0. The van der Waals surface area contributed by atoms with Gasteiger partial charge in [-0.3, -0.25) is 9.59 Å². The molecule has 0 aromatic heterocycles. The minimum Gasteiger partial charge on any atom is -0.355 e. The number of hydrogen-bond acceptors (Lipinski definition) is 2. The van der Waals surface area contributed by atoms with Gasteiger partial charge in [-0.05, 0) is 17.2 Å². The molecule has 1 heterocycles. The summed E-state index contributed by atoms with van der Waals surface area (Å²) in [5, 5.41) is 2.76. The second-order valence-corrected chi connectivity index (χ2v) is 5.23. The van der Waals surface area contributed by atoms with Gasteiger partial charge in [-0.1, -0.05) is 38.1 Å². The van der Waals surface area contributed by atoms with Crippen LogP contribution in [0.5, 0.6) is 0 Å². The molecule has 0 bridgehead atoms. The maximum absolute atomic E-state index is 12.1. The molecule has 0 aliphatic carbocycles. The molecule has 1 aromatic carbocycles. The van der Waals surface area contributed by atoms with Crippen molar-refractivity contribution in [2.45, 2.75) is 26.8 Å². The van der Waals surface area contributed by atoms with Gasteiger partial charge in [-0.15, -0.1) is 0 Å². The summed E-state index contributed by atoms with van der Waals surface area (Å²) in [6.07, 6.45) is 4.09. The molecule has 20 heavy (non-hydrogen) atoms. The molecular weight excluding hydrogens is 252 g/mol. The van der Waals surface area contributed by atoms with Crippen LogP contribution in [0.4, 0.5) is 0 Å². The number of nitrogens with one attached hydrogen (secondary N) is 1. The quantitative estimate of drug-likeness (QED) is 0.913. The second kappa shape index (κ2) is 6.37. The smallest absolute Gasteiger partial charge is 0.228 e. The minimum atomic E-state index is -0.0492. The molecule has 0 unspecified atom stereocenters. The van der Waals surface area contributed by atoms with Gasteiger partial charge in [-0.25, -0.2) is 0 Å². The molecule has 0 fully saturated rings. The third kappa shape index (κ3) is 3.47. The van der Waals surface area contributed by atoms with Crippen molar-refractivity contribution in [3.8, 4) is 0 Å². The van der Waals surface area contributed by atoms with Gasteiger partial charge < -0.3 is 10.2 Å². The summed E-state index contributed by atoms with van der Waals surface area (Å²) in [5.74, 6) is -0.0380. The maximum Gasteiger partial charge on any atom is 0.228 e. The molecule has 106 valence electrons. The van der Waals surface area contributed by atoms with Gasteiger partial charge >= 0.3 is 0 Å². The average Bonchev–Trinajstić information content (AvgIpc) is 2.46. The average molecular weight is 272 g/mol. The Hall–Kier alpha value is -2.10. The van der Waals surface area contributed by atoms with E-state index in [-0.39, 0.29) is 17.7 Å². The molecule has 4 nitrogen and oxygen atoms in total. The van der Waals surface area contributed by atoms with E-state index in [1.54, 1.807) is 4.90 Å². The fourth-order valence-corrected chi connectivity index (χ4v) is 2.06. The maximum atomic E-state index is 12.1. The van der Waals surface area contributed by atoms with Crippen molar-refractivity contribution in [2.75, 3.05) is 6.54 Å². The monoisotopic (exact) mass is 272 g/mol. The van der Waals surface area contributed by atoms with Crippen LogP contribution in [0.2, 0.25) is 0 Å². The van der Waals surface area contributed by atoms with Crippen LogP contribution < -0.4 is 5.32 Å². The number of carbonyl (C=O) groups excluding carboxylic acids is 2. The predicted molar refractivity (Wildman–Crippen MR) is 78.5 cm³/mol. The molecule has 0 radical (unpaired) electrons. The molecule has 4 heteroatoms. The van der Waals surface area contributed by atoms with E-state index in [4.69, 9.17) is 0 Å². The van der Waals surface area contributed by atoms with E-state index in [9.17, 15) is 9.59 Å². The lowest BCUT2D eigenvalue weighted by molar-refractivity contribution is -0.129. The van der Waals surface area contributed by atoms with Crippen LogP contribution in [0.1, 0.15) is 31.4 Å². The number of benzene rings is 1. The zero-order chi connectivity index (χ0) is 14.5. The summed E-state index contributed by atoms with van der Waals surface area (Å²) in [7, 11) is 0. The van der Waals surface area contributed by atoms with E-state index in [0.29, 0.717) is 19.5 Å². The molecule has 1 aliphatic heterocycles. The largest absolute Gasteiger partial charge is 0.355 e. The van der Waals surface area contributed by atoms with E-state index in [0.717, 1.165) is 11.1 Å².